The summed E-state index contributed by atoms with van der Waals surface area (Å²) in [7, 11) is 0. The van der Waals surface area contributed by atoms with Crippen molar-refractivity contribution in [3.05, 3.63) is 41.2 Å². The summed E-state index contributed by atoms with van der Waals surface area (Å²) in [5.41, 5.74) is 3.86. The van der Waals surface area contributed by atoms with Crippen LogP contribution in [0, 0.1) is 12.8 Å². The Balaban J connectivity index is 1.45. The predicted molar refractivity (Wildman–Crippen MR) is 120 cm³/mol. The molecule has 0 unspecified atom stereocenters. The molecule has 1 aliphatic carbocycles. The molecule has 2 aliphatic heterocycles. The number of aryl methyl sites for hydroxylation is 1. The molecule has 1 saturated carbocycles. The molecule has 170 valence electrons. The lowest BCUT2D eigenvalue weighted by Crippen LogP contribution is -2.40. The maximum Gasteiger partial charge on any atom is 0.251 e. The van der Waals surface area contributed by atoms with Gasteiger partial charge in [-0.15, -0.1) is 0 Å². The highest BCUT2D eigenvalue weighted by Gasteiger charge is 2.36. The zero-order valence-corrected chi connectivity index (χ0v) is 18.4. The van der Waals surface area contributed by atoms with Gasteiger partial charge in [0, 0.05) is 63.8 Å². The third-order valence-electron chi connectivity index (χ3n) is 6.70. The van der Waals surface area contributed by atoms with Crippen molar-refractivity contribution in [3.8, 4) is 0 Å². The van der Waals surface area contributed by atoms with Gasteiger partial charge in [-0.2, -0.15) is 0 Å². The van der Waals surface area contributed by atoms with Gasteiger partial charge in [0.1, 0.15) is 5.82 Å². The second-order valence-corrected chi connectivity index (χ2v) is 9.32. The topological polar surface area (TPSA) is 61.4 Å². The van der Waals surface area contributed by atoms with Crippen molar-refractivity contribution < 1.29 is 13.6 Å². The maximum atomic E-state index is 13.8. The molecule has 2 aromatic heterocycles. The molecule has 6 nitrogen and oxygen atoms in total. The van der Waals surface area contributed by atoms with E-state index in [1.807, 2.05) is 30.2 Å². The summed E-state index contributed by atoms with van der Waals surface area (Å²) in [6.45, 7) is 3.91. The van der Waals surface area contributed by atoms with E-state index in [0.29, 0.717) is 30.4 Å². The molecule has 0 spiro atoms. The smallest absolute Gasteiger partial charge is 0.251 e. The quantitative estimate of drug-likeness (QED) is 0.749. The summed E-state index contributed by atoms with van der Waals surface area (Å²) in [5, 5.41) is 3.05. The number of carbonyl (C=O) groups is 1. The lowest BCUT2D eigenvalue weighted by molar-refractivity contribution is -0.116. The number of halogens is 2. The first kappa shape index (κ1) is 21.1. The fourth-order valence-corrected chi connectivity index (χ4v) is 4.57. The van der Waals surface area contributed by atoms with E-state index in [1.54, 1.807) is 0 Å². The lowest BCUT2D eigenvalue weighted by atomic mass is 10.0. The number of carbonyl (C=O) groups excluding carboxylic acids is 1. The Morgan fingerprint density at radius 2 is 2.00 bits per heavy atom. The summed E-state index contributed by atoms with van der Waals surface area (Å²) < 4.78 is 27.6. The van der Waals surface area contributed by atoms with Crippen molar-refractivity contribution in [2.24, 2.45) is 5.92 Å². The summed E-state index contributed by atoms with van der Waals surface area (Å²) in [6, 6.07) is 6.02. The molecule has 0 radical (unpaired) electrons. The van der Waals surface area contributed by atoms with E-state index in [0.717, 1.165) is 42.9 Å². The fraction of sp³-hybridized carbons (Fsp3) is 0.542. The molecule has 1 N–H and O–H groups in total. The molecule has 32 heavy (non-hydrogen) atoms. The largest absolute Gasteiger partial charge is 0.354 e. The van der Waals surface area contributed by atoms with Crippen LogP contribution < -0.4 is 15.1 Å². The minimum atomic E-state index is -2.64. The third kappa shape index (κ3) is 4.54. The van der Waals surface area contributed by atoms with Crippen molar-refractivity contribution in [2.75, 3.05) is 34.8 Å². The molecule has 1 amide bonds. The lowest BCUT2D eigenvalue weighted by Gasteiger charge is -2.35. The first-order valence-electron chi connectivity index (χ1n) is 11.5. The number of hydrogen-bond donors (Lipinski definition) is 1. The highest BCUT2D eigenvalue weighted by Crippen LogP contribution is 2.38. The normalized spacial score (nSPS) is 20.1. The summed E-state index contributed by atoms with van der Waals surface area (Å²) in [4.78, 5) is 26.1. The van der Waals surface area contributed by atoms with Gasteiger partial charge in [-0.1, -0.05) is 6.07 Å². The molecular weight excluding hydrogens is 412 g/mol. The van der Waals surface area contributed by atoms with Crippen molar-refractivity contribution >= 4 is 23.2 Å². The van der Waals surface area contributed by atoms with Crippen molar-refractivity contribution in [1.29, 1.82) is 0 Å². The van der Waals surface area contributed by atoms with Gasteiger partial charge in [0.05, 0.1) is 5.69 Å². The number of nitrogens with zero attached hydrogens (tertiary/aromatic N) is 4. The second-order valence-electron chi connectivity index (χ2n) is 9.32. The van der Waals surface area contributed by atoms with Crippen LogP contribution in [0.25, 0.3) is 0 Å². The Morgan fingerprint density at radius 3 is 2.75 bits per heavy atom. The number of amides is 1. The molecular formula is C24H29F2N5O. The SMILES string of the molecule is Cc1cc(N2CCc3ncccc3C2)nc(N2CCC(F)(F)CC2)c1NC(=O)CC1CC1. The van der Waals surface area contributed by atoms with Crippen LogP contribution in [0.1, 0.15) is 48.9 Å². The van der Waals surface area contributed by atoms with Crippen LogP contribution in [0.15, 0.2) is 24.4 Å². The summed E-state index contributed by atoms with van der Waals surface area (Å²) >= 11 is 0. The molecule has 5 rings (SSSR count). The number of hydrogen-bond acceptors (Lipinski definition) is 5. The van der Waals surface area contributed by atoms with Crippen LogP contribution in [0.5, 0.6) is 0 Å². The van der Waals surface area contributed by atoms with Crippen LogP contribution in [0.2, 0.25) is 0 Å². The molecule has 8 heteroatoms. The maximum absolute atomic E-state index is 13.8. The van der Waals surface area contributed by atoms with E-state index in [9.17, 15) is 13.6 Å². The highest BCUT2D eigenvalue weighted by atomic mass is 19.3. The van der Waals surface area contributed by atoms with Gasteiger partial charge in [0.25, 0.3) is 5.92 Å². The fourth-order valence-electron chi connectivity index (χ4n) is 4.57. The van der Waals surface area contributed by atoms with E-state index in [4.69, 9.17) is 4.98 Å². The first-order chi connectivity index (χ1) is 15.4. The van der Waals surface area contributed by atoms with Gasteiger partial charge < -0.3 is 15.1 Å². The number of pyridine rings is 2. The van der Waals surface area contributed by atoms with Crippen LogP contribution >= 0.6 is 0 Å². The summed E-state index contributed by atoms with van der Waals surface area (Å²) in [5.74, 6) is -0.767. The molecule has 2 aromatic rings. The first-order valence-corrected chi connectivity index (χ1v) is 11.5. The minimum Gasteiger partial charge on any atom is -0.354 e. The van der Waals surface area contributed by atoms with Crippen LogP contribution in [-0.4, -0.2) is 41.4 Å². The zero-order chi connectivity index (χ0) is 22.3. The monoisotopic (exact) mass is 441 g/mol. The molecule has 0 aromatic carbocycles. The Bertz CT molecular complexity index is 1010. The van der Waals surface area contributed by atoms with Gasteiger partial charge in [-0.3, -0.25) is 9.78 Å². The Labute approximate surface area is 187 Å². The second kappa shape index (κ2) is 8.30. The number of fused-ring (bicyclic) bond motifs is 1. The molecule has 1 saturated heterocycles. The number of nitrogens with one attached hydrogen (secondary N) is 1. The van der Waals surface area contributed by atoms with E-state index < -0.39 is 5.92 Å². The van der Waals surface area contributed by atoms with Gasteiger partial charge in [0.15, 0.2) is 5.82 Å². The average Bonchev–Trinajstić information content (AvgIpc) is 3.58. The Morgan fingerprint density at radius 1 is 1.22 bits per heavy atom. The van der Waals surface area contributed by atoms with Crippen LogP contribution in [0.3, 0.4) is 0 Å². The molecule has 0 bridgehead atoms. The van der Waals surface area contributed by atoms with Crippen molar-refractivity contribution in [1.82, 2.24) is 9.97 Å². The highest BCUT2D eigenvalue weighted by molar-refractivity contribution is 5.95. The molecule has 4 heterocycles. The number of alkyl halides is 2. The van der Waals surface area contributed by atoms with E-state index in [-0.39, 0.29) is 31.8 Å². The van der Waals surface area contributed by atoms with Crippen LogP contribution in [-0.2, 0) is 17.8 Å². The number of rotatable bonds is 5. The minimum absolute atomic E-state index is 0.0216. The third-order valence-corrected chi connectivity index (χ3v) is 6.70. The van der Waals surface area contributed by atoms with E-state index in [1.165, 1.54) is 5.56 Å². The van der Waals surface area contributed by atoms with Crippen molar-refractivity contribution in [3.63, 3.8) is 0 Å². The van der Waals surface area contributed by atoms with E-state index >= 15 is 0 Å². The molecule has 2 fully saturated rings. The van der Waals surface area contributed by atoms with E-state index in [2.05, 4.69) is 21.3 Å². The van der Waals surface area contributed by atoms with Gasteiger partial charge in [-0.05, 0) is 48.9 Å². The van der Waals surface area contributed by atoms with Crippen molar-refractivity contribution in [2.45, 2.75) is 57.9 Å². The zero-order valence-electron chi connectivity index (χ0n) is 18.4. The molecule has 3 aliphatic rings. The standard InChI is InChI=1S/C24H29F2N5O/c1-16-13-20(31-10-6-19-18(15-31)3-2-9-27-19)28-23(30-11-7-24(25,26)8-12-30)22(16)29-21(32)14-17-4-5-17/h2-3,9,13,17H,4-8,10-12,14-15H2,1H3,(H,29,32). The molecule has 0 atom stereocenters. The number of aromatic nitrogens is 2. The van der Waals surface area contributed by atoms with Gasteiger partial charge in [0.2, 0.25) is 5.91 Å². The number of anilines is 3. The Kier molecular flexibility index (Phi) is 5.47. The summed E-state index contributed by atoms with van der Waals surface area (Å²) in [6.07, 6.45) is 4.97. The van der Waals surface area contributed by atoms with Gasteiger partial charge >= 0.3 is 0 Å². The number of piperidine rings is 1. The van der Waals surface area contributed by atoms with Gasteiger partial charge in [-0.25, -0.2) is 13.8 Å². The Hall–Kier alpha value is -2.77. The van der Waals surface area contributed by atoms with Crippen LogP contribution in [0.4, 0.5) is 26.1 Å². The average molecular weight is 442 g/mol. The predicted octanol–water partition coefficient (Wildman–Crippen LogP) is 4.32.